The summed E-state index contributed by atoms with van der Waals surface area (Å²) >= 11 is 0. The maximum Gasteiger partial charge on any atom is 0.334 e. The molecule has 1 unspecified atom stereocenters. The zero-order valence-electron chi connectivity index (χ0n) is 17.3. The summed E-state index contributed by atoms with van der Waals surface area (Å²) in [6.45, 7) is 8.42. The quantitative estimate of drug-likeness (QED) is 0.547. The zero-order valence-corrected chi connectivity index (χ0v) is 17.3. The molecule has 0 saturated carbocycles. The molecule has 1 saturated heterocycles. The van der Waals surface area contributed by atoms with E-state index < -0.39 is 0 Å². The molecule has 29 heavy (non-hydrogen) atoms. The molecule has 1 aliphatic heterocycles. The average Bonchev–Trinajstić information content (AvgIpc) is 3.02. The minimum absolute atomic E-state index is 0.0572. The van der Waals surface area contributed by atoms with E-state index in [0.717, 1.165) is 40.8 Å². The number of hydrogen-bond donors (Lipinski definition) is 0. The van der Waals surface area contributed by atoms with Crippen LogP contribution in [0.3, 0.4) is 0 Å². The number of carbonyl (C=O) groups is 1. The van der Waals surface area contributed by atoms with Crippen molar-refractivity contribution < 1.29 is 23.7 Å². The van der Waals surface area contributed by atoms with Crippen LogP contribution in [0.25, 0.3) is 0 Å². The Balaban J connectivity index is 1.67. The molecule has 4 rings (SSSR count). The first-order chi connectivity index (χ1) is 14.0. The second kappa shape index (κ2) is 7.47. The van der Waals surface area contributed by atoms with Crippen molar-refractivity contribution in [3.8, 4) is 17.2 Å². The van der Waals surface area contributed by atoms with Crippen LogP contribution in [-0.4, -0.2) is 20.2 Å². The zero-order chi connectivity index (χ0) is 20.7. The van der Waals surface area contributed by atoms with Gasteiger partial charge in [0.15, 0.2) is 11.5 Å². The molecule has 5 heteroatoms. The van der Waals surface area contributed by atoms with Gasteiger partial charge < -0.3 is 18.9 Å². The smallest absolute Gasteiger partial charge is 0.334 e. The summed E-state index contributed by atoms with van der Waals surface area (Å²) in [4.78, 5) is 12.1. The number of methoxy groups -OCH3 is 2. The van der Waals surface area contributed by atoms with Gasteiger partial charge >= 0.3 is 5.97 Å². The number of rotatable bonds is 5. The first kappa shape index (κ1) is 19.4. The molecule has 1 fully saturated rings. The highest BCUT2D eigenvalue weighted by molar-refractivity contribution is 5.91. The van der Waals surface area contributed by atoms with Crippen LogP contribution in [0.4, 0.5) is 0 Å². The highest BCUT2D eigenvalue weighted by Crippen LogP contribution is 2.49. The molecule has 1 aliphatic carbocycles. The van der Waals surface area contributed by atoms with Crippen molar-refractivity contribution in [2.75, 3.05) is 14.2 Å². The summed E-state index contributed by atoms with van der Waals surface area (Å²) in [7, 11) is 3.24. The van der Waals surface area contributed by atoms with Crippen molar-refractivity contribution in [3.63, 3.8) is 0 Å². The van der Waals surface area contributed by atoms with Crippen molar-refractivity contribution in [1.82, 2.24) is 0 Å². The molecular weight excluding hydrogens is 368 g/mol. The van der Waals surface area contributed by atoms with E-state index in [-0.39, 0.29) is 18.0 Å². The van der Waals surface area contributed by atoms with Crippen molar-refractivity contribution in [1.29, 1.82) is 0 Å². The van der Waals surface area contributed by atoms with Gasteiger partial charge in [0, 0.05) is 22.6 Å². The average molecular weight is 394 g/mol. The number of hydrogen-bond acceptors (Lipinski definition) is 5. The van der Waals surface area contributed by atoms with Crippen LogP contribution in [0.1, 0.15) is 40.3 Å². The van der Waals surface area contributed by atoms with Crippen LogP contribution < -0.4 is 14.2 Å². The molecular formula is C24H26O5. The van der Waals surface area contributed by atoms with Gasteiger partial charge in [0.05, 0.1) is 14.2 Å². The van der Waals surface area contributed by atoms with E-state index in [2.05, 4.69) is 19.6 Å². The van der Waals surface area contributed by atoms with Gasteiger partial charge in [0.25, 0.3) is 0 Å². The highest BCUT2D eigenvalue weighted by Gasteiger charge is 2.44. The lowest BCUT2D eigenvalue weighted by Gasteiger charge is -2.30. The summed E-state index contributed by atoms with van der Waals surface area (Å²) < 4.78 is 22.8. The molecule has 1 heterocycles. The number of para-hydroxylation sites is 1. The molecule has 0 N–H and O–H groups in total. The molecule has 2 aromatic rings. The second-order valence-corrected chi connectivity index (χ2v) is 7.65. The Labute approximate surface area is 171 Å². The molecule has 152 valence electrons. The van der Waals surface area contributed by atoms with Crippen LogP contribution >= 0.6 is 0 Å². The van der Waals surface area contributed by atoms with Gasteiger partial charge in [0.1, 0.15) is 18.5 Å². The maximum atomic E-state index is 12.1. The minimum atomic E-state index is -0.280. The lowest BCUT2D eigenvalue weighted by molar-refractivity contribution is -0.139. The number of carbonyl (C=O) groups excluding carboxylic acids is 1. The summed E-state index contributed by atoms with van der Waals surface area (Å²) in [5.74, 6) is 1.91. The van der Waals surface area contributed by atoms with Gasteiger partial charge in [0.2, 0.25) is 0 Å². The van der Waals surface area contributed by atoms with Crippen molar-refractivity contribution in [2.45, 2.75) is 39.4 Å². The summed E-state index contributed by atoms with van der Waals surface area (Å²) in [6.07, 6.45) is 1.55. The fourth-order valence-electron chi connectivity index (χ4n) is 4.55. The lowest BCUT2D eigenvalue weighted by atomic mass is 9.76. The number of benzene rings is 2. The Hall–Kier alpha value is -2.95. The predicted octanol–water partition coefficient (Wildman–Crippen LogP) is 4.62. The van der Waals surface area contributed by atoms with E-state index in [4.69, 9.17) is 18.9 Å². The topological polar surface area (TPSA) is 54.0 Å². The Bertz CT molecular complexity index is 991. The number of fused-ring (bicyclic) bond motifs is 3. The van der Waals surface area contributed by atoms with E-state index in [1.165, 1.54) is 5.56 Å². The third-order valence-corrected chi connectivity index (χ3v) is 6.09. The maximum absolute atomic E-state index is 12.1. The van der Waals surface area contributed by atoms with Gasteiger partial charge in [-0.3, -0.25) is 0 Å². The molecule has 0 amide bonds. The summed E-state index contributed by atoms with van der Waals surface area (Å²) in [5.41, 5.74) is 6.01. The predicted molar refractivity (Wildman–Crippen MR) is 110 cm³/mol. The minimum Gasteiger partial charge on any atom is -0.493 e. The van der Waals surface area contributed by atoms with Gasteiger partial charge in [-0.1, -0.05) is 18.7 Å². The second-order valence-electron chi connectivity index (χ2n) is 7.65. The standard InChI is InChI=1S/C24H26O5/c1-13-11-20(28-12-16-7-6-8-19(26-4)22(16)27-5)15(3)21-17(13)9-10-18-14(2)24(25)29-23(18)21/h6-8,11,18,23H,2,9-10,12H2,1,3-5H3/t18-,23?/m0/s1. The third kappa shape index (κ3) is 3.15. The molecule has 2 aromatic carbocycles. The van der Waals surface area contributed by atoms with E-state index in [1.54, 1.807) is 14.2 Å². The van der Waals surface area contributed by atoms with E-state index in [1.807, 2.05) is 25.1 Å². The molecule has 2 atom stereocenters. The summed E-state index contributed by atoms with van der Waals surface area (Å²) in [5, 5.41) is 0. The van der Waals surface area contributed by atoms with Crippen LogP contribution in [0.15, 0.2) is 36.4 Å². The van der Waals surface area contributed by atoms with Crippen molar-refractivity contribution in [2.24, 2.45) is 5.92 Å². The Morgan fingerprint density at radius 1 is 1.17 bits per heavy atom. The third-order valence-electron chi connectivity index (χ3n) is 6.09. The van der Waals surface area contributed by atoms with Gasteiger partial charge in [-0.2, -0.15) is 0 Å². The highest BCUT2D eigenvalue weighted by atomic mass is 16.6. The molecule has 0 spiro atoms. The molecule has 2 aliphatic rings. The van der Waals surface area contributed by atoms with E-state index in [9.17, 15) is 4.79 Å². The van der Waals surface area contributed by atoms with Crippen LogP contribution in [0.2, 0.25) is 0 Å². The van der Waals surface area contributed by atoms with Gasteiger partial charge in [-0.05, 0) is 55.5 Å². The number of ether oxygens (including phenoxy) is 4. The van der Waals surface area contributed by atoms with Crippen LogP contribution in [0, 0.1) is 19.8 Å². The summed E-state index contributed by atoms with van der Waals surface area (Å²) in [6, 6.07) is 7.81. The fourth-order valence-corrected chi connectivity index (χ4v) is 4.55. The molecule has 0 bridgehead atoms. The fraction of sp³-hybridized carbons (Fsp3) is 0.375. The number of aryl methyl sites for hydroxylation is 1. The van der Waals surface area contributed by atoms with Crippen molar-refractivity contribution >= 4 is 5.97 Å². The van der Waals surface area contributed by atoms with Gasteiger partial charge in [-0.25, -0.2) is 4.79 Å². The van der Waals surface area contributed by atoms with E-state index in [0.29, 0.717) is 23.7 Å². The largest absolute Gasteiger partial charge is 0.493 e. The Morgan fingerprint density at radius 2 is 1.97 bits per heavy atom. The van der Waals surface area contributed by atoms with E-state index >= 15 is 0 Å². The van der Waals surface area contributed by atoms with Gasteiger partial charge in [-0.15, -0.1) is 0 Å². The number of esters is 1. The molecule has 0 radical (unpaired) electrons. The first-order valence-electron chi connectivity index (χ1n) is 9.81. The molecule has 0 aromatic heterocycles. The lowest BCUT2D eigenvalue weighted by Crippen LogP contribution is -2.20. The Kier molecular flexibility index (Phi) is 4.99. The Morgan fingerprint density at radius 3 is 2.69 bits per heavy atom. The SMILES string of the molecule is C=C1C(=O)OC2c3c(C)c(OCc4cccc(OC)c4OC)cc(C)c3CC[C@@H]12. The van der Waals surface area contributed by atoms with Crippen LogP contribution in [-0.2, 0) is 22.6 Å². The van der Waals surface area contributed by atoms with Crippen molar-refractivity contribution in [3.05, 3.63) is 64.2 Å². The first-order valence-corrected chi connectivity index (χ1v) is 9.81. The van der Waals surface area contributed by atoms with Crippen LogP contribution in [0.5, 0.6) is 17.2 Å². The monoisotopic (exact) mass is 394 g/mol. The molecule has 5 nitrogen and oxygen atoms in total. The normalized spacial score (nSPS) is 20.0.